The fourth-order valence-corrected chi connectivity index (χ4v) is 0.844. The van der Waals surface area contributed by atoms with Gasteiger partial charge in [0, 0.05) is 0 Å². The molecule has 0 bridgehead atoms. The molecule has 1 aromatic carbocycles. The quantitative estimate of drug-likeness (QED) is 0.565. The van der Waals surface area contributed by atoms with Gasteiger partial charge in [-0.25, -0.2) is 4.79 Å². The van der Waals surface area contributed by atoms with Crippen LogP contribution in [0.5, 0.6) is 0 Å². The van der Waals surface area contributed by atoms with E-state index in [-0.39, 0.29) is 12.2 Å². The Bertz CT molecular complexity index is 306. The first-order valence-electron chi connectivity index (χ1n) is 3.51. The molecular weight excluding hydrogens is 174 g/mol. The van der Waals surface area contributed by atoms with E-state index in [1.807, 2.05) is 0 Å². The molecule has 0 unspecified atom stereocenters. The van der Waals surface area contributed by atoms with Crippen molar-refractivity contribution in [3.05, 3.63) is 40.3 Å². The summed E-state index contributed by atoms with van der Waals surface area (Å²) in [5, 5.41) is 10.8. The summed E-state index contributed by atoms with van der Waals surface area (Å²) in [7, 11) is 0. The number of carbonyl (C=O) groups is 1. The number of carboxylic acid groups (broad SMARTS) is 1. The largest absolute Gasteiger partial charge is 0.478 e. The zero-order chi connectivity index (χ0) is 9.68. The van der Waals surface area contributed by atoms with Crippen LogP contribution in [-0.2, 0) is 11.4 Å². The lowest BCUT2D eigenvalue weighted by molar-refractivity contribution is 0.0696. The second kappa shape index (κ2) is 4.20. The van der Waals surface area contributed by atoms with Crippen LogP contribution < -0.4 is 0 Å². The zero-order valence-electron chi connectivity index (χ0n) is 6.64. The van der Waals surface area contributed by atoms with Gasteiger partial charge < -0.3 is 9.94 Å². The molecule has 1 rings (SSSR count). The molecule has 0 aliphatic rings. The summed E-state index contributed by atoms with van der Waals surface area (Å²) in [5.41, 5.74) is 0.896. The number of nitrogens with zero attached hydrogens (tertiary/aromatic N) is 1. The highest BCUT2D eigenvalue weighted by molar-refractivity contribution is 5.87. The van der Waals surface area contributed by atoms with E-state index < -0.39 is 5.97 Å². The van der Waals surface area contributed by atoms with Crippen molar-refractivity contribution < 1.29 is 14.7 Å². The van der Waals surface area contributed by atoms with Crippen molar-refractivity contribution in [1.29, 1.82) is 0 Å². The minimum Gasteiger partial charge on any atom is -0.478 e. The second-order valence-corrected chi connectivity index (χ2v) is 2.35. The molecule has 0 spiro atoms. The standard InChI is InChI=1S/C8H7NO4/c10-8(11)7-3-1-6(2-4-7)5-13-9-12/h1-4H,5H2,(H,10,11). The van der Waals surface area contributed by atoms with Gasteiger partial charge in [-0.05, 0) is 17.7 Å². The molecule has 0 saturated carbocycles. The monoisotopic (exact) mass is 181 g/mol. The molecule has 1 aromatic rings. The van der Waals surface area contributed by atoms with Gasteiger partial charge in [0.2, 0.25) is 0 Å². The van der Waals surface area contributed by atoms with Gasteiger partial charge in [0.1, 0.15) is 6.61 Å². The molecule has 0 radical (unpaired) electrons. The van der Waals surface area contributed by atoms with Crippen LogP contribution in [0.15, 0.2) is 29.6 Å². The average Bonchev–Trinajstić information content (AvgIpc) is 2.15. The maximum absolute atomic E-state index is 10.4. The van der Waals surface area contributed by atoms with Crippen molar-refractivity contribution >= 4 is 5.97 Å². The minimum atomic E-state index is -0.985. The van der Waals surface area contributed by atoms with Crippen LogP contribution in [0.3, 0.4) is 0 Å². The molecule has 0 atom stereocenters. The van der Waals surface area contributed by atoms with Crippen molar-refractivity contribution in [2.75, 3.05) is 0 Å². The van der Waals surface area contributed by atoms with Crippen molar-refractivity contribution in [2.45, 2.75) is 6.61 Å². The first-order chi connectivity index (χ1) is 6.24. The molecule has 0 aliphatic carbocycles. The minimum absolute atomic E-state index is 0.0589. The maximum Gasteiger partial charge on any atom is 0.335 e. The Balaban J connectivity index is 2.69. The SMILES string of the molecule is O=NOCc1ccc(C(=O)O)cc1. The smallest absolute Gasteiger partial charge is 0.335 e. The van der Waals surface area contributed by atoms with E-state index in [0.29, 0.717) is 5.56 Å². The number of carboxylic acids is 1. The summed E-state index contributed by atoms with van der Waals surface area (Å²) < 4.78 is 0. The Kier molecular flexibility index (Phi) is 2.97. The van der Waals surface area contributed by atoms with Crippen molar-refractivity contribution in [2.24, 2.45) is 5.34 Å². The van der Waals surface area contributed by atoms with Gasteiger partial charge >= 0.3 is 5.97 Å². The third-order valence-corrected chi connectivity index (χ3v) is 1.48. The van der Waals surface area contributed by atoms with Crippen LogP contribution in [0.25, 0.3) is 0 Å². The zero-order valence-corrected chi connectivity index (χ0v) is 6.64. The Morgan fingerprint density at radius 2 is 2.00 bits per heavy atom. The van der Waals surface area contributed by atoms with Crippen LogP contribution in [0, 0.1) is 4.91 Å². The first-order valence-corrected chi connectivity index (χ1v) is 3.51. The average molecular weight is 181 g/mol. The van der Waals surface area contributed by atoms with Gasteiger partial charge in [0.05, 0.1) is 5.56 Å². The number of aromatic carboxylic acids is 1. The van der Waals surface area contributed by atoms with Gasteiger partial charge in [-0.15, -0.1) is 4.91 Å². The van der Waals surface area contributed by atoms with Gasteiger partial charge in [-0.1, -0.05) is 12.1 Å². The van der Waals surface area contributed by atoms with Gasteiger partial charge in [0.15, 0.2) is 5.34 Å². The lowest BCUT2D eigenvalue weighted by Gasteiger charge is -1.97. The van der Waals surface area contributed by atoms with E-state index in [1.165, 1.54) is 12.1 Å². The summed E-state index contributed by atoms with van der Waals surface area (Å²) in [6, 6.07) is 6.00. The molecule has 1 N–H and O–H groups in total. The van der Waals surface area contributed by atoms with Crippen molar-refractivity contribution in [1.82, 2.24) is 0 Å². The summed E-state index contributed by atoms with van der Waals surface area (Å²) in [6.45, 7) is 0.0589. The summed E-state index contributed by atoms with van der Waals surface area (Å²) >= 11 is 0. The number of hydrogen-bond donors (Lipinski definition) is 1. The van der Waals surface area contributed by atoms with E-state index in [0.717, 1.165) is 0 Å². The van der Waals surface area contributed by atoms with Crippen LogP contribution >= 0.6 is 0 Å². The lowest BCUT2D eigenvalue weighted by Crippen LogP contribution is -1.96. The molecule has 68 valence electrons. The highest BCUT2D eigenvalue weighted by atomic mass is 16.7. The lowest BCUT2D eigenvalue weighted by atomic mass is 10.1. The molecule has 0 amide bonds. The van der Waals surface area contributed by atoms with Crippen LogP contribution in [0.1, 0.15) is 15.9 Å². The van der Waals surface area contributed by atoms with Gasteiger partial charge in [-0.3, -0.25) is 0 Å². The molecule has 5 nitrogen and oxygen atoms in total. The topological polar surface area (TPSA) is 76.0 Å². The molecule has 0 aliphatic heterocycles. The van der Waals surface area contributed by atoms with Crippen molar-refractivity contribution in [3.8, 4) is 0 Å². The fourth-order valence-electron chi connectivity index (χ4n) is 0.844. The van der Waals surface area contributed by atoms with E-state index in [1.54, 1.807) is 12.1 Å². The van der Waals surface area contributed by atoms with Crippen LogP contribution in [0.4, 0.5) is 0 Å². The first kappa shape index (κ1) is 9.18. The van der Waals surface area contributed by atoms with Crippen molar-refractivity contribution in [3.63, 3.8) is 0 Å². The molecule has 0 fully saturated rings. The normalized spacial score (nSPS) is 9.23. The summed E-state index contributed by atoms with van der Waals surface area (Å²) in [5.74, 6) is -0.985. The molecule has 0 heterocycles. The predicted molar refractivity (Wildman–Crippen MR) is 44.0 cm³/mol. The predicted octanol–water partition coefficient (Wildman–Crippen LogP) is 1.58. The number of hydrogen-bond acceptors (Lipinski definition) is 4. The Morgan fingerprint density at radius 1 is 1.38 bits per heavy atom. The number of benzene rings is 1. The molecule has 5 heteroatoms. The van der Waals surface area contributed by atoms with Gasteiger partial charge in [-0.2, -0.15) is 0 Å². The van der Waals surface area contributed by atoms with Crippen LogP contribution in [-0.4, -0.2) is 11.1 Å². The van der Waals surface area contributed by atoms with E-state index in [2.05, 4.69) is 10.2 Å². The highest BCUT2D eigenvalue weighted by Gasteiger charge is 2.01. The maximum atomic E-state index is 10.4. The van der Waals surface area contributed by atoms with E-state index in [9.17, 15) is 9.70 Å². The summed E-state index contributed by atoms with van der Waals surface area (Å²) in [4.78, 5) is 24.3. The Hall–Kier alpha value is -1.91. The molecular formula is C8H7NO4. The molecule has 13 heavy (non-hydrogen) atoms. The second-order valence-electron chi connectivity index (χ2n) is 2.35. The van der Waals surface area contributed by atoms with E-state index >= 15 is 0 Å². The van der Waals surface area contributed by atoms with Gasteiger partial charge in [0.25, 0.3) is 0 Å². The Labute approximate surface area is 73.9 Å². The summed E-state index contributed by atoms with van der Waals surface area (Å²) in [6.07, 6.45) is 0. The van der Waals surface area contributed by atoms with E-state index in [4.69, 9.17) is 5.11 Å². The fraction of sp³-hybridized carbons (Fsp3) is 0.125. The molecule has 0 aromatic heterocycles. The highest BCUT2D eigenvalue weighted by Crippen LogP contribution is 2.05. The number of rotatable bonds is 4. The Morgan fingerprint density at radius 3 is 2.46 bits per heavy atom. The van der Waals surface area contributed by atoms with Crippen LogP contribution in [0.2, 0.25) is 0 Å². The molecule has 0 saturated heterocycles. The third kappa shape index (κ3) is 2.55. The third-order valence-electron chi connectivity index (χ3n) is 1.48.